The summed E-state index contributed by atoms with van der Waals surface area (Å²) in [6.07, 6.45) is 0. The summed E-state index contributed by atoms with van der Waals surface area (Å²) in [5.41, 5.74) is 3.31. The summed E-state index contributed by atoms with van der Waals surface area (Å²) in [6.45, 7) is 5.64. The second-order valence-corrected chi connectivity index (χ2v) is 10.3. The van der Waals surface area contributed by atoms with Gasteiger partial charge in [-0.15, -0.1) is 10.2 Å². The van der Waals surface area contributed by atoms with Crippen LogP contribution in [-0.2, 0) is 10.0 Å². The zero-order chi connectivity index (χ0) is 25.2. The van der Waals surface area contributed by atoms with Crippen LogP contribution in [-0.4, -0.2) is 70.4 Å². The molecule has 0 spiro atoms. The summed E-state index contributed by atoms with van der Waals surface area (Å²) in [6, 6.07) is 12.8. The van der Waals surface area contributed by atoms with E-state index in [9.17, 15) is 8.42 Å². The average molecular weight is 499 g/mol. The Morgan fingerprint density at radius 3 is 1.86 bits per heavy atom. The topological polar surface area (TPSA) is 94.1 Å². The second kappa shape index (κ2) is 10.1. The van der Waals surface area contributed by atoms with Gasteiger partial charge in [-0.3, -0.25) is 0 Å². The minimum atomic E-state index is -3.54. The normalized spacial score (nSPS) is 14.6. The maximum absolute atomic E-state index is 13.1. The van der Waals surface area contributed by atoms with Crippen molar-refractivity contribution in [2.24, 2.45) is 0 Å². The lowest BCUT2D eigenvalue weighted by molar-refractivity contribution is 0.324. The van der Waals surface area contributed by atoms with Crippen LogP contribution in [0.25, 0.3) is 11.3 Å². The van der Waals surface area contributed by atoms with Crippen molar-refractivity contribution in [3.8, 4) is 28.5 Å². The zero-order valence-corrected chi connectivity index (χ0v) is 21.4. The van der Waals surface area contributed by atoms with E-state index in [1.54, 1.807) is 33.5 Å². The van der Waals surface area contributed by atoms with Gasteiger partial charge in [-0.25, -0.2) is 8.42 Å². The number of aromatic nitrogens is 2. The SMILES string of the molecule is COc1cc(-c2ccc(N3CCN(S(=O)(=O)c4cc(C)cc(C)c4)CC3)nn2)cc(OC)c1OC. The van der Waals surface area contributed by atoms with Crippen LogP contribution in [0.3, 0.4) is 0 Å². The first-order valence-corrected chi connectivity index (χ1v) is 12.7. The summed E-state index contributed by atoms with van der Waals surface area (Å²) in [5, 5.41) is 8.79. The maximum atomic E-state index is 13.1. The Bertz CT molecular complexity index is 1260. The van der Waals surface area contributed by atoms with Gasteiger partial charge in [0.05, 0.1) is 31.9 Å². The molecule has 1 aliphatic rings. The first-order valence-electron chi connectivity index (χ1n) is 11.2. The van der Waals surface area contributed by atoms with Crippen LogP contribution >= 0.6 is 0 Å². The predicted octanol–water partition coefficient (Wildman–Crippen LogP) is 3.30. The molecule has 2 aromatic carbocycles. The number of sulfonamides is 1. The third kappa shape index (κ3) is 5.03. The Labute approximate surface area is 206 Å². The van der Waals surface area contributed by atoms with Gasteiger partial charge in [0.2, 0.25) is 15.8 Å². The van der Waals surface area contributed by atoms with Crippen molar-refractivity contribution in [3.05, 3.63) is 53.6 Å². The molecule has 1 saturated heterocycles. The minimum Gasteiger partial charge on any atom is -0.493 e. The quantitative estimate of drug-likeness (QED) is 0.490. The van der Waals surface area contributed by atoms with Crippen LogP contribution in [0.4, 0.5) is 5.82 Å². The number of aryl methyl sites for hydroxylation is 2. The Morgan fingerprint density at radius 1 is 0.771 bits per heavy atom. The third-order valence-electron chi connectivity index (χ3n) is 6.01. The average Bonchev–Trinajstić information content (AvgIpc) is 2.87. The Kier molecular flexibility index (Phi) is 7.13. The van der Waals surface area contributed by atoms with Crippen molar-refractivity contribution in [1.29, 1.82) is 0 Å². The standard InChI is InChI=1S/C25H30N4O5S/c1-17-12-18(2)14-20(13-17)35(30,31)29-10-8-28(9-11-29)24-7-6-21(26-27-24)19-15-22(32-3)25(34-5)23(16-19)33-4/h6-7,12-16H,8-11H2,1-5H3. The first kappa shape index (κ1) is 24.7. The Hall–Kier alpha value is -3.37. The van der Waals surface area contributed by atoms with Gasteiger partial charge >= 0.3 is 0 Å². The molecule has 9 nitrogen and oxygen atoms in total. The van der Waals surface area contributed by atoms with E-state index >= 15 is 0 Å². The molecule has 35 heavy (non-hydrogen) atoms. The Balaban J connectivity index is 1.48. The van der Waals surface area contributed by atoms with Crippen molar-refractivity contribution in [2.75, 3.05) is 52.4 Å². The Morgan fingerprint density at radius 2 is 1.37 bits per heavy atom. The first-order chi connectivity index (χ1) is 16.8. The number of methoxy groups -OCH3 is 3. The highest BCUT2D eigenvalue weighted by Gasteiger charge is 2.29. The molecule has 4 rings (SSSR count). The molecule has 0 atom stereocenters. The minimum absolute atomic E-state index is 0.345. The molecule has 1 aromatic heterocycles. The molecular weight excluding hydrogens is 468 g/mol. The summed E-state index contributed by atoms with van der Waals surface area (Å²) < 4.78 is 44.0. The molecule has 0 N–H and O–H groups in total. The van der Waals surface area contributed by atoms with Crippen LogP contribution in [0.5, 0.6) is 17.2 Å². The molecule has 186 valence electrons. The molecule has 0 amide bonds. The smallest absolute Gasteiger partial charge is 0.243 e. The van der Waals surface area contributed by atoms with Crippen molar-refractivity contribution >= 4 is 15.8 Å². The van der Waals surface area contributed by atoms with Gasteiger partial charge in [-0.1, -0.05) is 6.07 Å². The predicted molar refractivity (Wildman–Crippen MR) is 134 cm³/mol. The number of rotatable bonds is 7. The van der Waals surface area contributed by atoms with E-state index in [2.05, 4.69) is 10.2 Å². The molecule has 0 bridgehead atoms. The van der Waals surface area contributed by atoms with Gasteiger partial charge < -0.3 is 19.1 Å². The van der Waals surface area contributed by atoms with Gasteiger partial charge in [0.1, 0.15) is 0 Å². The molecule has 1 aliphatic heterocycles. The van der Waals surface area contributed by atoms with Gasteiger partial charge in [0.15, 0.2) is 17.3 Å². The fourth-order valence-electron chi connectivity index (χ4n) is 4.27. The summed E-state index contributed by atoms with van der Waals surface area (Å²) >= 11 is 0. The highest BCUT2D eigenvalue weighted by molar-refractivity contribution is 7.89. The summed E-state index contributed by atoms with van der Waals surface area (Å²) in [4.78, 5) is 2.39. The molecule has 10 heteroatoms. The zero-order valence-electron chi connectivity index (χ0n) is 20.6. The van der Waals surface area contributed by atoms with Gasteiger partial charge in [-0.2, -0.15) is 4.31 Å². The van der Waals surface area contributed by atoms with Crippen molar-refractivity contribution < 1.29 is 22.6 Å². The number of hydrogen-bond acceptors (Lipinski definition) is 8. The molecule has 3 aromatic rings. The highest BCUT2D eigenvalue weighted by atomic mass is 32.2. The number of hydrogen-bond donors (Lipinski definition) is 0. The number of benzene rings is 2. The fraction of sp³-hybridized carbons (Fsp3) is 0.360. The van der Waals surface area contributed by atoms with Crippen molar-refractivity contribution in [2.45, 2.75) is 18.7 Å². The van der Waals surface area contributed by atoms with E-state index in [4.69, 9.17) is 14.2 Å². The van der Waals surface area contributed by atoms with Crippen LogP contribution in [0, 0.1) is 13.8 Å². The molecular formula is C25H30N4O5S. The third-order valence-corrected chi connectivity index (χ3v) is 7.88. The van der Waals surface area contributed by atoms with Gasteiger partial charge in [0.25, 0.3) is 0 Å². The van der Waals surface area contributed by atoms with E-state index in [1.807, 2.05) is 49.1 Å². The highest BCUT2D eigenvalue weighted by Crippen LogP contribution is 2.40. The molecule has 1 fully saturated rings. The van der Waals surface area contributed by atoms with Crippen LogP contribution in [0.2, 0.25) is 0 Å². The van der Waals surface area contributed by atoms with Crippen LogP contribution < -0.4 is 19.1 Å². The maximum Gasteiger partial charge on any atom is 0.243 e. The van der Waals surface area contributed by atoms with Gasteiger partial charge in [-0.05, 0) is 61.4 Å². The molecule has 2 heterocycles. The number of nitrogens with zero attached hydrogens (tertiary/aromatic N) is 4. The van der Waals surface area contributed by atoms with E-state index in [0.717, 1.165) is 16.7 Å². The van der Waals surface area contributed by atoms with Crippen molar-refractivity contribution in [3.63, 3.8) is 0 Å². The fourth-order valence-corrected chi connectivity index (χ4v) is 5.88. The number of piperazine rings is 1. The lowest BCUT2D eigenvalue weighted by atomic mass is 10.1. The number of ether oxygens (including phenoxy) is 3. The summed E-state index contributed by atoms with van der Waals surface area (Å²) in [5.74, 6) is 2.28. The van der Waals surface area contributed by atoms with E-state index < -0.39 is 10.0 Å². The molecule has 0 saturated carbocycles. The van der Waals surface area contributed by atoms with Gasteiger partial charge in [0, 0.05) is 31.7 Å². The second-order valence-electron chi connectivity index (χ2n) is 8.41. The van der Waals surface area contributed by atoms with E-state index in [-0.39, 0.29) is 0 Å². The van der Waals surface area contributed by atoms with E-state index in [1.165, 1.54) is 4.31 Å². The van der Waals surface area contributed by atoms with Crippen molar-refractivity contribution in [1.82, 2.24) is 14.5 Å². The lowest BCUT2D eigenvalue weighted by Gasteiger charge is -2.34. The van der Waals surface area contributed by atoms with Crippen LogP contribution in [0.15, 0.2) is 47.4 Å². The largest absolute Gasteiger partial charge is 0.493 e. The lowest BCUT2D eigenvalue weighted by Crippen LogP contribution is -2.49. The van der Waals surface area contributed by atoms with Crippen LogP contribution in [0.1, 0.15) is 11.1 Å². The monoisotopic (exact) mass is 498 g/mol. The molecule has 0 aliphatic carbocycles. The summed E-state index contributed by atoms with van der Waals surface area (Å²) in [7, 11) is 1.15. The molecule has 0 radical (unpaired) electrons. The van der Waals surface area contributed by atoms with E-state index in [0.29, 0.717) is 59.8 Å². The number of anilines is 1. The molecule has 0 unspecified atom stereocenters.